The summed E-state index contributed by atoms with van der Waals surface area (Å²) in [5, 5.41) is 0.450. The lowest BCUT2D eigenvalue weighted by molar-refractivity contribution is 0.390. The van der Waals surface area contributed by atoms with Gasteiger partial charge in [0.2, 0.25) is 5.88 Å². The van der Waals surface area contributed by atoms with Crippen LogP contribution in [0.2, 0.25) is 0 Å². The van der Waals surface area contributed by atoms with Gasteiger partial charge >= 0.3 is 5.69 Å². The molecule has 1 aromatic carbocycles. The van der Waals surface area contributed by atoms with E-state index in [9.17, 15) is 9.59 Å². The minimum Gasteiger partial charge on any atom is -0.481 e. The summed E-state index contributed by atoms with van der Waals surface area (Å²) in [5.74, 6) is 0.393. The van der Waals surface area contributed by atoms with Crippen LogP contribution in [0.15, 0.2) is 50.6 Å². The van der Waals surface area contributed by atoms with Crippen LogP contribution in [-0.4, -0.2) is 21.6 Å². The fraction of sp³-hybridized carbons (Fsp3) is 0.133. The lowest BCUT2D eigenvalue weighted by atomic mass is 10.2. The van der Waals surface area contributed by atoms with Crippen molar-refractivity contribution in [1.29, 1.82) is 0 Å². The number of nitrogens with zero attached hydrogens (tertiary/aromatic N) is 2. The highest BCUT2D eigenvalue weighted by atomic mass is 79.9. The second-order valence-corrected chi connectivity index (χ2v) is 5.60. The first-order valence-electron chi connectivity index (χ1n) is 6.50. The molecule has 0 aliphatic carbocycles. The minimum atomic E-state index is -0.471. The van der Waals surface area contributed by atoms with Crippen LogP contribution in [0.5, 0.6) is 5.88 Å². The third-order valence-electron chi connectivity index (χ3n) is 3.32. The van der Waals surface area contributed by atoms with E-state index in [-0.39, 0.29) is 12.1 Å². The Kier molecular flexibility index (Phi) is 3.81. The highest BCUT2D eigenvalue weighted by Gasteiger charge is 2.11. The van der Waals surface area contributed by atoms with Gasteiger partial charge in [-0.2, -0.15) is 0 Å². The van der Waals surface area contributed by atoms with Gasteiger partial charge in [0.1, 0.15) is 0 Å². The zero-order chi connectivity index (χ0) is 15.7. The summed E-state index contributed by atoms with van der Waals surface area (Å²) in [5.41, 5.74) is 0.339. The number of fused-ring (bicyclic) bond motifs is 1. The number of hydrogen-bond acceptors (Lipinski definition) is 4. The molecule has 0 bridgehead atoms. The average Bonchev–Trinajstić information content (AvgIpc) is 2.51. The molecule has 0 saturated carbocycles. The predicted octanol–water partition coefficient (Wildman–Crippen LogP) is 1.90. The number of aromatic amines is 1. The Morgan fingerprint density at radius 3 is 2.91 bits per heavy atom. The van der Waals surface area contributed by atoms with Crippen LogP contribution in [0.4, 0.5) is 0 Å². The van der Waals surface area contributed by atoms with E-state index in [4.69, 9.17) is 4.74 Å². The smallest absolute Gasteiger partial charge is 0.329 e. The predicted molar refractivity (Wildman–Crippen MR) is 86.4 cm³/mol. The molecule has 2 aromatic heterocycles. The molecule has 0 unspecified atom stereocenters. The van der Waals surface area contributed by atoms with Crippen LogP contribution in [0.3, 0.4) is 0 Å². The summed E-state index contributed by atoms with van der Waals surface area (Å²) in [6.45, 7) is 0.0944. The minimum absolute atomic E-state index is 0.0944. The summed E-state index contributed by atoms with van der Waals surface area (Å²) >= 11 is 3.32. The number of benzene rings is 1. The summed E-state index contributed by atoms with van der Waals surface area (Å²) in [6.07, 6.45) is 1.59. The van der Waals surface area contributed by atoms with E-state index < -0.39 is 5.69 Å². The number of hydrogen-bond donors (Lipinski definition) is 1. The van der Waals surface area contributed by atoms with Gasteiger partial charge in [0, 0.05) is 16.2 Å². The first kappa shape index (κ1) is 14.5. The Balaban J connectivity index is 2.17. The summed E-state index contributed by atoms with van der Waals surface area (Å²) in [6, 6.07) is 8.64. The molecule has 3 rings (SSSR count). The fourth-order valence-corrected chi connectivity index (χ4v) is 2.63. The molecule has 1 N–H and O–H groups in total. The number of aromatic nitrogens is 3. The van der Waals surface area contributed by atoms with Crippen LogP contribution in [0, 0.1) is 0 Å². The Labute approximate surface area is 133 Å². The van der Waals surface area contributed by atoms with Gasteiger partial charge in [-0.25, -0.2) is 9.78 Å². The Morgan fingerprint density at radius 2 is 2.14 bits per heavy atom. The second-order valence-electron chi connectivity index (χ2n) is 4.68. The number of H-pyrrole nitrogens is 1. The molecule has 0 atom stereocenters. The van der Waals surface area contributed by atoms with Crippen LogP contribution in [0.1, 0.15) is 5.56 Å². The third kappa shape index (κ3) is 2.55. The molecular formula is C15H12BrN3O3. The quantitative estimate of drug-likeness (QED) is 0.772. The van der Waals surface area contributed by atoms with Crippen molar-refractivity contribution in [3.63, 3.8) is 0 Å². The molecule has 0 amide bonds. The lowest BCUT2D eigenvalue weighted by Crippen LogP contribution is -2.35. The molecule has 0 aliphatic rings. The Hall–Kier alpha value is -2.41. The number of methoxy groups -OCH3 is 1. The normalized spacial score (nSPS) is 10.8. The van der Waals surface area contributed by atoms with E-state index in [1.165, 1.54) is 7.11 Å². The maximum Gasteiger partial charge on any atom is 0.329 e. The second kappa shape index (κ2) is 5.76. The molecule has 3 aromatic rings. The fourth-order valence-electron chi connectivity index (χ4n) is 2.27. The first-order chi connectivity index (χ1) is 10.6. The van der Waals surface area contributed by atoms with Crippen LogP contribution in [0.25, 0.3) is 10.9 Å². The van der Waals surface area contributed by atoms with E-state index in [1.807, 2.05) is 0 Å². The van der Waals surface area contributed by atoms with Crippen molar-refractivity contribution >= 4 is 26.8 Å². The monoisotopic (exact) mass is 361 g/mol. The highest BCUT2D eigenvalue weighted by molar-refractivity contribution is 9.10. The van der Waals surface area contributed by atoms with E-state index in [0.717, 1.165) is 9.04 Å². The number of halogens is 1. The maximum absolute atomic E-state index is 12.5. The van der Waals surface area contributed by atoms with E-state index in [2.05, 4.69) is 25.9 Å². The molecule has 6 nitrogen and oxygen atoms in total. The Bertz CT molecular complexity index is 962. The van der Waals surface area contributed by atoms with Crippen molar-refractivity contribution in [2.75, 3.05) is 7.11 Å². The molecule has 0 saturated heterocycles. The Morgan fingerprint density at radius 1 is 1.32 bits per heavy atom. The molecule has 0 spiro atoms. The molecule has 7 heteroatoms. The summed E-state index contributed by atoms with van der Waals surface area (Å²) in [7, 11) is 1.50. The zero-order valence-electron chi connectivity index (χ0n) is 11.7. The van der Waals surface area contributed by atoms with Gasteiger partial charge in [0.15, 0.2) is 0 Å². The highest BCUT2D eigenvalue weighted by Crippen LogP contribution is 2.16. The van der Waals surface area contributed by atoms with Crippen molar-refractivity contribution in [3.05, 3.63) is 67.4 Å². The van der Waals surface area contributed by atoms with Crippen LogP contribution >= 0.6 is 15.9 Å². The average molecular weight is 362 g/mol. The largest absolute Gasteiger partial charge is 0.481 e. The van der Waals surface area contributed by atoms with E-state index >= 15 is 0 Å². The van der Waals surface area contributed by atoms with Gasteiger partial charge in [-0.3, -0.25) is 9.36 Å². The lowest BCUT2D eigenvalue weighted by Gasteiger charge is -2.09. The SMILES string of the molecule is COc1ncccc1Cn1c(=O)[nH]c2cc(Br)ccc2c1=O. The van der Waals surface area contributed by atoms with Crippen molar-refractivity contribution < 1.29 is 4.74 Å². The van der Waals surface area contributed by atoms with Crippen LogP contribution in [-0.2, 0) is 6.54 Å². The van der Waals surface area contributed by atoms with Gasteiger partial charge in [-0.1, -0.05) is 22.0 Å². The van der Waals surface area contributed by atoms with Crippen LogP contribution < -0.4 is 16.0 Å². The number of nitrogens with one attached hydrogen (secondary N) is 1. The standard InChI is InChI=1S/C15H12BrN3O3/c1-22-13-9(3-2-6-17-13)8-19-14(20)11-5-4-10(16)7-12(11)18-15(19)21/h2-7H,8H2,1H3,(H,18,21). The first-order valence-corrected chi connectivity index (χ1v) is 7.29. The van der Waals surface area contributed by atoms with Gasteiger partial charge in [0.25, 0.3) is 5.56 Å². The molecular weight excluding hydrogens is 350 g/mol. The van der Waals surface area contributed by atoms with Crippen molar-refractivity contribution in [1.82, 2.24) is 14.5 Å². The van der Waals surface area contributed by atoms with Gasteiger partial charge in [-0.15, -0.1) is 0 Å². The molecule has 0 aliphatic heterocycles. The molecule has 0 fully saturated rings. The van der Waals surface area contributed by atoms with Crippen molar-refractivity contribution in [3.8, 4) is 5.88 Å². The van der Waals surface area contributed by atoms with Crippen molar-refractivity contribution in [2.45, 2.75) is 6.54 Å². The summed E-state index contributed by atoms with van der Waals surface area (Å²) < 4.78 is 7.08. The van der Waals surface area contributed by atoms with E-state index in [0.29, 0.717) is 22.3 Å². The molecule has 112 valence electrons. The molecule has 22 heavy (non-hydrogen) atoms. The zero-order valence-corrected chi connectivity index (χ0v) is 13.3. The van der Waals surface area contributed by atoms with Gasteiger partial charge in [-0.05, 0) is 24.3 Å². The molecule has 0 radical (unpaired) electrons. The molecule has 2 heterocycles. The van der Waals surface area contributed by atoms with Gasteiger partial charge < -0.3 is 9.72 Å². The summed E-state index contributed by atoms with van der Waals surface area (Å²) in [4.78, 5) is 31.5. The van der Waals surface area contributed by atoms with Gasteiger partial charge in [0.05, 0.1) is 24.6 Å². The number of pyridine rings is 1. The van der Waals surface area contributed by atoms with E-state index in [1.54, 1.807) is 36.5 Å². The number of rotatable bonds is 3. The third-order valence-corrected chi connectivity index (χ3v) is 3.81. The topological polar surface area (TPSA) is 77.0 Å². The maximum atomic E-state index is 12.5. The van der Waals surface area contributed by atoms with Crippen molar-refractivity contribution in [2.24, 2.45) is 0 Å². The number of ether oxygens (including phenoxy) is 1.